The monoisotopic (exact) mass is 415 g/mol. The molecule has 4 aromatic carbocycles. The maximum Gasteiger partial charge on any atom is 0.247 e. The number of hydrogen-bond donors (Lipinski definition) is 1. The first-order chi connectivity index (χ1) is 15.7. The van der Waals surface area contributed by atoms with E-state index in [4.69, 9.17) is 0 Å². The zero-order valence-electron chi connectivity index (χ0n) is 18.1. The van der Waals surface area contributed by atoms with E-state index in [-0.39, 0.29) is 5.91 Å². The lowest BCUT2D eigenvalue weighted by atomic mass is 9.77. The van der Waals surface area contributed by atoms with Crippen LogP contribution in [0.15, 0.2) is 104 Å². The molecule has 1 atom stereocenters. The van der Waals surface area contributed by atoms with Gasteiger partial charge >= 0.3 is 0 Å². The third-order valence-electron chi connectivity index (χ3n) is 5.79. The molecule has 0 aliphatic rings. The number of amides is 1. The number of anilines is 1. The van der Waals surface area contributed by atoms with Gasteiger partial charge in [0.25, 0.3) is 0 Å². The van der Waals surface area contributed by atoms with Gasteiger partial charge in [0.2, 0.25) is 5.91 Å². The van der Waals surface area contributed by atoms with Crippen molar-refractivity contribution in [1.82, 2.24) is 0 Å². The van der Waals surface area contributed by atoms with E-state index in [1.165, 1.54) is 0 Å². The predicted molar refractivity (Wildman–Crippen MR) is 134 cm³/mol. The van der Waals surface area contributed by atoms with Gasteiger partial charge in [-0.05, 0) is 41.1 Å². The molecule has 156 valence electrons. The third kappa shape index (κ3) is 4.19. The Balaban J connectivity index is 1.77. The van der Waals surface area contributed by atoms with E-state index < -0.39 is 5.41 Å². The number of rotatable bonds is 5. The molecule has 0 aliphatic carbocycles. The summed E-state index contributed by atoms with van der Waals surface area (Å²) in [6.45, 7) is 5.80. The molecule has 4 aromatic rings. The molecule has 2 heteroatoms. The average Bonchev–Trinajstić information content (AvgIpc) is 2.86. The van der Waals surface area contributed by atoms with E-state index in [2.05, 4.69) is 23.7 Å². The molecule has 0 spiro atoms. The molecule has 2 nitrogen and oxygen atoms in total. The topological polar surface area (TPSA) is 29.1 Å². The van der Waals surface area contributed by atoms with Gasteiger partial charge in [-0.25, -0.2) is 0 Å². The summed E-state index contributed by atoms with van der Waals surface area (Å²) in [5, 5.41) is 5.27. The first-order valence-electron chi connectivity index (χ1n) is 10.8. The molecule has 1 amide bonds. The fraction of sp³-hybridized carbons (Fsp3) is 0.100. The highest BCUT2D eigenvalue weighted by Gasteiger charge is 2.37. The quantitative estimate of drug-likeness (QED) is 0.356. The van der Waals surface area contributed by atoms with Crippen LogP contribution in [0.4, 0.5) is 5.69 Å². The molecule has 0 saturated heterocycles. The zero-order chi connectivity index (χ0) is 22.4. The summed E-state index contributed by atoms with van der Waals surface area (Å²) in [6, 6.07) is 31.6. The van der Waals surface area contributed by atoms with Crippen molar-refractivity contribution in [2.24, 2.45) is 0 Å². The van der Waals surface area contributed by atoms with Gasteiger partial charge in [-0.3, -0.25) is 4.79 Å². The van der Waals surface area contributed by atoms with Crippen molar-refractivity contribution in [3.8, 4) is 11.8 Å². The van der Waals surface area contributed by atoms with Gasteiger partial charge < -0.3 is 5.32 Å². The molecule has 0 aliphatic heterocycles. The summed E-state index contributed by atoms with van der Waals surface area (Å²) in [7, 11) is 0. The molecule has 0 bridgehead atoms. The normalized spacial score (nSPS) is 12.3. The molecular formula is C30H25NO. The maximum absolute atomic E-state index is 13.8. The van der Waals surface area contributed by atoms with Gasteiger partial charge in [0.05, 0.1) is 0 Å². The summed E-state index contributed by atoms with van der Waals surface area (Å²) >= 11 is 0. The van der Waals surface area contributed by atoms with Gasteiger partial charge in [-0.15, -0.1) is 0 Å². The van der Waals surface area contributed by atoms with Crippen LogP contribution in [0.1, 0.15) is 30.0 Å². The summed E-state index contributed by atoms with van der Waals surface area (Å²) in [4.78, 5) is 13.8. The van der Waals surface area contributed by atoms with Crippen LogP contribution >= 0.6 is 0 Å². The lowest BCUT2D eigenvalue weighted by molar-refractivity contribution is -0.119. The van der Waals surface area contributed by atoms with Crippen molar-refractivity contribution in [2.75, 3.05) is 5.32 Å². The van der Waals surface area contributed by atoms with E-state index in [9.17, 15) is 4.79 Å². The number of nitrogens with one attached hydrogen (secondary N) is 1. The van der Waals surface area contributed by atoms with Crippen molar-refractivity contribution >= 4 is 28.4 Å². The smallest absolute Gasteiger partial charge is 0.247 e. The Kier molecular flexibility index (Phi) is 6.19. The van der Waals surface area contributed by atoms with E-state index in [0.717, 1.165) is 33.2 Å². The Bertz CT molecular complexity index is 1300. The highest BCUT2D eigenvalue weighted by molar-refractivity contribution is 6.07. The number of carbonyl (C=O) groups excluding carboxylic acids is 1. The maximum atomic E-state index is 13.8. The fourth-order valence-corrected chi connectivity index (χ4v) is 3.88. The molecular weight excluding hydrogens is 390 g/mol. The first kappa shape index (κ1) is 21.2. The van der Waals surface area contributed by atoms with Gasteiger partial charge in [-0.2, -0.15) is 0 Å². The standard InChI is InChI=1S/C30H25NO/c1-3-23-17-19-24(20-18-23)21-22-30(4-2,26-13-6-5-7-14-26)29(32)31-28-16-10-12-25-11-8-9-15-27(25)28/h3,5-20H,1,4H2,2H3,(H,31,32)/t30-/m1/s1. The number of fused-ring (bicyclic) bond motifs is 1. The number of hydrogen-bond acceptors (Lipinski definition) is 1. The van der Waals surface area contributed by atoms with Crippen molar-refractivity contribution in [1.29, 1.82) is 0 Å². The first-order valence-corrected chi connectivity index (χ1v) is 10.8. The van der Waals surface area contributed by atoms with E-state index in [1.54, 1.807) is 6.08 Å². The summed E-state index contributed by atoms with van der Waals surface area (Å²) in [5.41, 5.74) is 2.60. The Morgan fingerprint density at radius 1 is 0.906 bits per heavy atom. The minimum atomic E-state index is -0.977. The molecule has 0 saturated carbocycles. The molecule has 0 fully saturated rings. The van der Waals surface area contributed by atoms with E-state index >= 15 is 0 Å². The third-order valence-corrected chi connectivity index (χ3v) is 5.79. The van der Waals surface area contributed by atoms with Gasteiger partial charge in [0.1, 0.15) is 5.41 Å². The van der Waals surface area contributed by atoms with Gasteiger partial charge in [0, 0.05) is 16.6 Å². The van der Waals surface area contributed by atoms with Crippen molar-refractivity contribution < 1.29 is 4.79 Å². The van der Waals surface area contributed by atoms with Crippen LogP contribution < -0.4 is 5.32 Å². The minimum Gasteiger partial charge on any atom is -0.324 e. The van der Waals surface area contributed by atoms with Crippen LogP contribution in [0.25, 0.3) is 16.8 Å². The average molecular weight is 416 g/mol. The van der Waals surface area contributed by atoms with E-state index in [0.29, 0.717) is 6.42 Å². The summed E-state index contributed by atoms with van der Waals surface area (Å²) < 4.78 is 0. The molecule has 0 aromatic heterocycles. The lowest BCUT2D eigenvalue weighted by Crippen LogP contribution is -2.39. The van der Waals surface area contributed by atoms with Gasteiger partial charge in [-0.1, -0.05) is 110 Å². The largest absolute Gasteiger partial charge is 0.324 e. The molecule has 32 heavy (non-hydrogen) atoms. The van der Waals surface area contributed by atoms with Crippen molar-refractivity contribution in [2.45, 2.75) is 18.8 Å². The second-order valence-electron chi connectivity index (χ2n) is 7.68. The minimum absolute atomic E-state index is 0.127. The Morgan fingerprint density at radius 3 is 2.31 bits per heavy atom. The molecule has 0 unspecified atom stereocenters. The number of benzene rings is 4. The predicted octanol–water partition coefficient (Wildman–Crippen LogP) is 6.82. The molecule has 0 heterocycles. The van der Waals surface area contributed by atoms with Crippen LogP contribution in [0, 0.1) is 11.8 Å². The second-order valence-corrected chi connectivity index (χ2v) is 7.68. The lowest BCUT2D eigenvalue weighted by Gasteiger charge is -2.27. The molecule has 4 rings (SSSR count). The Hall–Kier alpha value is -4.09. The van der Waals surface area contributed by atoms with E-state index in [1.807, 2.05) is 104 Å². The molecule has 0 radical (unpaired) electrons. The van der Waals surface area contributed by atoms with Crippen molar-refractivity contribution in [3.63, 3.8) is 0 Å². The SMILES string of the molecule is C=Cc1ccc(C#C[C@@](CC)(C(=O)Nc2cccc3ccccc23)c2ccccc2)cc1. The van der Waals surface area contributed by atoms with Crippen LogP contribution in [-0.4, -0.2) is 5.91 Å². The Morgan fingerprint density at radius 2 is 1.59 bits per heavy atom. The Labute approximate surface area is 189 Å². The highest BCUT2D eigenvalue weighted by atomic mass is 16.2. The van der Waals surface area contributed by atoms with Gasteiger partial charge in [0.15, 0.2) is 0 Å². The summed E-state index contributed by atoms with van der Waals surface area (Å²) in [6.07, 6.45) is 2.35. The highest BCUT2D eigenvalue weighted by Crippen LogP contribution is 2.31. The van der Waals surface area contributed by atoms with Crippen LogP contribution in [0.2, 0.25) is 0 Å². The number of carbonyl (C=O) groups is 1. The fourth-order valence-electron chi connectivity index (χ4n) is 3.88. The molecule has 1 N–H and O–H groups in total. The van der Waals surface area contributed by atoms with Crippen LogP contribution in [-0.2, 0) is 10.2 Å². The summed E-state index contributed by atoms with van der Waals surface area (Å²) in [5.74, 6) is 6.45. The second kappa shape index (κ2) is 9.37. The van der Waals surface area contributed by atoms with Crippen molar-refractivity contribution in [3.05, 3.63) is 120 Å². The zero-order valence-corrected chi connectivity index (χ0v) is 18.1. The van der Waals surface area contributed by atoms with Crippen LogP contribution in [0.3, 0.4) is 0 Å². The van der Waals surface area contributed by atoms with Crippen LogP contribution in [0.5, 0.6) is 0 Å².